The van der Waals surface area contributed by atoms with Crippen molar-refractivity contribution in [3.05, 3.63) is 29.8 Å². The third-order valence-electron chi connectivity index (χ3n) is 5.69. The Bertz CT molecular complexity index is 684. The molecule has 1 aliphatic heterocycles. The van der Waals surface area contributed by atoms with Crippen molar-refractivity contribution in [2.24, 2.45) is 11.8 Å². The molecule has 1 saturated carbocycles. The third kappa shape index (κ3) is 5.06. The number of nitrogens with zero attached hydrogens (tertiary/aromatic N) is 2. The van der Waals surface area contributed by atoms with E-state index in [1.807, 2.05) is 36.1 Å². The van der Waals surface area contributed by atoms with Crippen LogP contribution in [-0.4, -0.2) is 53.9 Å². The number of benzene rings is 1. The SMILES string of the molecule is CCN1CCCCN(C(=O)C2CC2)[C@@H](CC(C)C)COc2ccccc2C1=O. The number of amides is 2. The molecule has 1 atom stereocenters. The maximum atomic E-state index is 13.0. The summed E-state index contributed by atoms with van der Waals surface area (Å²) in [5.74, 6) is 1.64. The van der Waals surface area contributed by atoms with Gasteiger partial charge < -0.3 is 14.5 Å². The van der Waals surface area contributed by atoms with Crippen molar-refractivity contribution in [2.75, 3.05) is 26.2 Å². The Morgan fingerprint density at radius 2 is 1.89 bits per heavy atom. The highest BCUT2D eigenvalue weighted by atomic mass is 16.5. The number of hydrogen-bond acceptors (Lipinski definition) is 3. The second-order valence-electron chi connectivity index (χ2n) is 8.49. The van der Waals surface area contributed by atoms with Crippen LogP contribution in [-0.2, 0) is 4.79 Å². The number of hydrogen-bond donors (Lipinski definition) is 0. The van der Waals surface area contributed by atoms with Gasteiger partial charge in [-0.1, -0.05) is 26.0 Å². The molecule has 1 aromatic carbocycles. The van der Waals surface area contributed by atoms with Gasteiger partial charge in [-0.05, 0) is 57.1 Å². The fourth-order valence-electron chi connectivity index (χ4n) is 3.98. The van der Waals surface area contributed by atoms with Gasteiger partial charge >= 0.3 is 0 Å². The number of carbonyl (C=O) groups is 2. The molecule has 1 aliphatic carbocycles. The zero-order valence-electron chi connectivity index (χ0n) is 17.5. The van der Waals surface area contributed by atoms with Crippen molar-refractivity contribution in [3.63, 3.8) is 0 Å². The van der Waals surface area contributed by atoms with Crippen LogP contribution in [0.4, 0.5) is 0 Å². The number of rotatable bonds is 4. The van der Waals surface area contributed by atoms with Crippen LogP contribution in [0.15, 0.2) is 24.3 Å². The first kappa shape index (κ1) is 20.7. The lowest BCUT2D eigenvalue weighted by molar-refractivity contribution is -0.136. The second kappa shape index (κ2) is 9.44. The number of para-hydroxylation sites is 1. The summed E-state index contributed by atoms with van der Waals surface area (Å²) < 4.78 is 6.18. The van der Waals surface area contributed by atoms with Gasteiger partial charge in [-0.3, -0.25) is 9.59 Å². The molecule has 3 rings (SSSR count). The van der Waals surface area contributed by atoms with Gasteiger partial charge in [-0.2, -0.15) is 0 Å². The summed E-state index contributed by atoms with van der Waals surface area (Å²) in [5, 5.41) is 0. The lowest BCUT2D eigenvalue weighted by Gasteiger charge is -2.34. The lowest BCUT2D eigenvalue weighted by atomic mass is 10.0. The van der Waals surface area contributed by atoms with Gasteiger partial charge in [0.05, 0.1) is 11.6 Å². The van der Waals surface area contributed by atoms with Crippen LogP contribution >= 0.6 is 0 Å². The Morgan fingerprint density at radius 1 is 1.18 bits per heavy atom. The van der Waals surface area contributed by atoms with Crippen molar-refractivity contribution >= 4 is 11.8 Å². The van der Waals surface area contributed by atoms with Crippen molar-refractivity contribution in [1.29, 1.82) is 0 Å². The first-order valence-corrected chi connectivity index (χ1v) is 10.8. The van der Waals surface area contributed by atoms with E-state index in [-0.39, 0.29) is 17.9 Å². The maximum Gasteiger partial charge on any atom is 0.257 e. The summed E-state index contributed by atoms with van der Waals surface area (Å²) in [6.45, 7) is 8.96. The summed E-state index contributed by atoms with van der Waals surface area (Å²) in [4.78, 5) is 29.9. The molecule has 154 valence electrons. The number of ether oxygens (including phenoxy) is 1. The molecular formula is C23H34N2O3. The van der Waals surface area contributed by atoms with Gasteiger partial charge in [0.2, 0.25) is 5.91 Å². The maximum absolute atomic E-state index is 13.0. The van der Waals surface area contributed by atoms with Crippen LogP contribution in [0, 0.1) is 11.8 Å². The third-order valence-corrected chi connectivity index (χ3v) is 5.69. The minimum absolute atomic E-state index is 0.0324. The van der Waals surface area contributed by atoms with Crippen LogP contribution in [0.25, 0.3) is 0 Å². The quantitative estimate of drug-likeness (QED) is 0.787. The standard InChI is InChI=1S/C23H34N2O3/c1-4-24-13-7-8-14-25(22(26)18-11-12-18)19(15-17(2)3)16-28-21-10-6-5-9-20(21)23(24)27/h5-6,9-10,17-19H,4,7-8,11-16H2,1-3H3/t19-/m0/s1. The molecule has 0 aromatic heterocycles. The first-order chi connectivity index (χ1) is 13.5. The van der Waals surface area contributed by atoms with E-state index in [2.05, 4.69) is 18.7 Å². The van der Waals surface area contributed by atoms with Crippen molar-refractivity contribution in [1.82, 2.24) is 9.80 Å². The zero-order valence-corrected chi connectivity index (χ0v) is 17.5. The average Bonchev–Trinajstić information content (AvgIpc) is 3.52. The Labute approximate surface area is 169 Å². The highest BCUT2D eigenvalue weighted by molar-refractivity contribution is 5.97. The molecule has 5 heteroatoms. The Kier molecular flexibility index (Phi) is 6.97. The minimum Gasteiger partial charge on any atom is -0.491 e. The molecule has 0 saturated heterocycles. The fraction of sp³-hybridized carbons (Fsp3) is 0.652. The van der Waals surface area contributed by atoms with E-state index in [0.717, 1.165) is 38.6 Å². The van der Waals surface area contributed by atoms with Gasteiger partial charge in [0.1, 0.15) is 12.4 Å². The molecule has 1 aromatic rings. The normalized spacial score (nSPS) is 21.6. The van der Waals surface area contributed by atoms with Gasteiger partial charge in [0, 0.05) is 25.6 Å². The van der Waals surface area contributed by atoms with Crippen molar-refractivity contribution in [3.8, 4) is 5.75 Å². The van der Waals surface area contributed by atoms with Crippen LogP contribution < -0.4 is 4.74 Å². The largest absolute Gasteiger partial charge is 0.491 e. The zero-order chi connectivity index (χ0) is 20.1. The lowest BCUT2D eigenvalue weighted by Crippen LogP contribution is -2.46. The van der Waals surface area contributed by atoms with Gasteiger partial charge in [-0.15, -0.1) is 0 Å². The molecular weight excluding hydrogens is 352 g/mol. The smallest absolute Gasteiger partial charge is 0.257 e. The highest BCUT2D eigenvalue weighted by Crippen LogP contribution is 2.33. The summed E-state index contributed by atoms with van der Waals surface area (Å²) in [7, 11) is 0. The van der Waals surface area contributed by atoms with Crippen LogP contribution in [0.5, 0.6) is 5.75 Å². The van der Waals surface area contributed by atoms with Gasteiger partial charge in [0.15, 0.2) is 0 Å². The summed E-state index contributed by atoms with van der Waals surface area (Å²) in [6, 6.07) is 7.55. The van der Waals surface area contributed by atoms with Gasteiger partial charge in [-0.25, -0.2) is 0 Å². The van der Waals surface area contributed by atoms with E-state index in [0.29, 0.717) is 42.8 Å². The number of fused-ring (bicyclic) bond motifs is 1. The molecule has 0 spiro atoms. The van der Waals surface area contributed by atoms with Crippen molar-refractivity contribution in [2.45, 2.75) is 58.9 Å². The molecule has 0 bridgehead atoms. The fourth-order valence-corrected chi connectivity index (χ4v) is 3.98. The molecule has 0 unspecified atom stereocenters. The van der Waals surface area contributed by atoms with Gasteiger partial charge in [0.25, 0.3) is 5.91 Å². The van der Waals surface area contributed by atoms with E-state index in [1.165, 1.54) is 0 Å². The summed E-state index contributed by atoms with van der Waals surface area (Å²) in [6.07, 6.45) is 4.77. The molecule has 28 heavy (non-hydrogen) atoms. The monoisotopic (exact) mass is 386 g/mol. The molecule has 2 aliphatic rings. The molecule has 0 N–H and O–H groups in total. The van der Waals surface area contributed by atoms with E-state index in [4.69, 9.17) is 4.74 Å². The molecule has 0 radical (unpaired) electrons. The summed E-state index contributed by atoms with van der Waals surface area (Å²) in [5.41, 5.74) is 0.619. The van der Waals surface area contributed by atoms with Crippen LogP contribution in [0.2, 0.25) is 0 Å². The predicted octanol–water partition coefficient (Wildman–Crippen LogP) is 3.97. The van der Waals surface area contributed by atoms with E-state index in [1.54, 1.807) is 0 Å². The predicted molar refractivity (Wildman–Crippen MR) is 110 cm³/mol. The Hall–Kier alpha value is -2.04. The Balaban J connectivity index is 1.88. The van der Waals surface area contributed by atoms with Crippen LogP contribution in [0.3, 0.4) is 0 Å². The van der Waals surface area contributed by atoms with E-state index < -0.39 is 0 Å². The first-order valence-electron chi connectivity index (χ1n) is 10.8. The molecule has 5 nitrogen and oxygen atoms in total. The van der Waals surface area contributed by atoms with E-state index >= 15 is 0 Å². The second-order valence-corrected chi connectivity index (χ2v) is 8.49. The van der Waals surface area contributed by atoms with Crippen molar-refractivity contribution < 1.29 is 14.3 Å². The van der Waals surface area contributed by atoms with Crippen LogP contribution in [0.1, 0.15) is 63.2 Å². The Morgan fingerprint density at radius 3 is 2.57 bits per heavy atom. The number of carbonyl (C=O) groups excluding carboxylic acids is 2. The molecule has 1 heterocycles. The summed E-state index contributed by atoms with van der Waals surface area (Å²) >= 11 is 0. The molecule has 2 amide bonds. The highest BCUT2D eigenvalue weighted by Gasteiger charge is 2.36. The molecule has 1 fully saturated rings. The minimum atomic E-state index is 0.0324. The topological polar surface area (TPSA) is 49.9 Å². The average molecular weight is 387 g/mol. The van der Waals surface area contributed by atoms with E-state index in [9.17, 15) is 9.59 Å².